The molecular weight excluding hydrogens is 356 g/mol. The number of halogens is 2. The number of carbonyl (C=O) groups excluding carboxylic acids is 1. The van der Waals surface area contributed by atoms with Gasteiger partial charge in [0, 0.05) is 12.1 Å². The zero-order valence-electron chi connectivity index (χ0n) is 11.9. The Balaban J connectivity index is 1.98. The lowest BCUT2D eigenvalue weighted by atomic mass is 10.2. The number of nitrogens with zero attached hydrogens (tertiary/aromatic N) is 2. The van der Waals surface area contributed by atoms with Gasteiger partial charge in [-0.05, 0) is 40.5 Å². The number of hydrogen-bond donors (Lipinski definition) is 0. The van der Waals surface area contributed by atoms with Gasteiger partial charge in [0.15, 0.2) is 5.78 Å². The molecule has 0 saturated heterocycles. The van der Waals surface area contributed by atoms with Crippen molar-refractivity contribution in [3.05, 3.63) is 45.1 Å². The molecule has 6 heteroatoms. The van der Waals surface area contributed by atoms with E-state index in [0.29, 0.717) is 10.8 Å². The molecule has 0 N–H and O–H groups in total. The monoisotopic (exact) mass is 370 g/mol. The summed E-state index contributed by atoms with van der Waals surface area (Å²) in [5.41, 5.74) is 1.82. The highest BCUT2D eigenvalue weighted by atomic mass is 79.9. The van der Waals surface area contributed by atoms with Crippen LogP contribution in [-0.4, -0.2) is 22.2 Å². The third-order valence-corrected chi connectivity index (χ3v) is 4.21. The average molecular weight is 372 g/mol. The van der Waals surface area contributed by atoms with E-state index in [0.717, 1.165) is 22.3 Å². The van der Waals surface area contributed by atoms with E-state index in [1.165, 1.54) is 0 Å². The number of hydrogen-bond acceptors (Lipinski definition) is 3. The topological polar surface area (TPSA) is 44.1 Å². The van der Waals surface area contributed by atoms with Crippen molar-refractivity contribution in [1.82, 2.24) is 9.78 Å². The fourth-order valence-electron chi connectivity index (χ4n) is 1.97. The first-order valence-electron chi connectivity index (χ1n) is 6.61. The molecule has 0 fully saturated rings. The Morgan fingerprint density at radius 3 is 2.86 bits per heavy atom. The average Bonchev–Trinajstić information content (AvgIpc) is 2.72. The summed E-state index contributed by atoms with van der Waals surface area (Å²) in [5, 5.41) is 4.96. The highest BCUT2D eigenvalue weighted by Gasteiger charge is 2.16. The molecule has 1 aromatic heterocycles. The molecule has 0 unspecified atom stereocenters. The molecule has 112 valence electrons. The molecule has 4 nitrogen and oxygen atoms in total. The molecule has 0 aliphatic heterocycles. The molecule has 0 radical (unpaired) electrons. The van der Waals surface area contributed by atoms with E-state index in [1.807, 2.05) is 14.0 Å². The van der Waals surface area contributed by atoms with Crippen LogP contribution >= 0.6 is 27.5 Å². The third kappa shape index (κ3) is 4.08. The maximum atomic E-state index is 12.1. The number of aromatic nitrogens is 2. The standard InChI is InChI=1S/C15H16BrClN2O2/c1-3-13-15(16)14(19(2)18-13)8-11(20)9-21-12-6-4-5-10(17)7-12/h4-7H,3,8-9H2,1-2H3. The Kier molecular flexibility index (Phi) is 5.42. The summed E-state index contributed by atoms with van der Waals surface area (Å²) in [5.74, 6) is 0.579. The number of benzene rings is 1. The number of aryl methyl sites for hydroxylation is 2. The molecular formula is C15H16BrClN2O2. The minimum absolute atomic E-state index is 0.0127. The van der Waals surface area contributed by atoms with Gasteiger partial charge in [0.1, 0.15) is 12.4 Å². The van der Waals surface area contributed by atoms with E-state index in [-0.39, 0.29) is 18.8 Å². The lowest BCUT2D eigenvalue weighted by Gasteiger charge is -2.06. The van der Waals surface area contributed by atoms with Crippen molar-refractivity contribution in [2.45, 2.75) is 19.8 Å². The lowest BCUT2D eigenvalue weighted by Crippen LogP contribution is -2.16. The number of ketones is 1. The molecule has 1 heterocycles. The summed E-state index contributed by atoms with van der Waals surface area (Å²) in [6, 6.07) is 7.00. The van der Waals surface area contributed by atoms with Gasteiger partial charge in [-0.25, -0.2) is 0 Å². The smallest absolute Gasteiger partial charge is 0.176 e. The molecule has 1 aromatic carbocycles. The van der Waals surface area contributed by atoms with Gasteiger partial charge < -0.3 is 4.74 Å². The first kappa shape index (κ1) is 16.0. The number of rotatable bonds is 6. The van der Waals surface area contributed by atoms with Crippen LogP contribution in [0.2, 0.25) is 5.02 Å². The number of carbonyl (C=O) groups is 1. The predicted molar refractivity (Wildman–Crippen MR) is 85.9 cm³/mol. The summed E-state index contributed by atoms with van der Waals surface area (Å²) in [7, 11) is 1.84. The van der Waals surface area contributed by atoms with Crippen LogP contribution in [0, 0.1) is 0 Å². The first-order valence-corrected chi connectivity index (χ1v) is 7.78. The quantitative estimate of drug-likeness (QED) is 0.779. The molecule has 2 aromatic rings. The zero-order valence-corrected chi connectivity index (χ0v) is 14.2. The van der Waals surface area contributed by atoms with Crippen LogP contribution in [0.5, 0.6) is 5.75 Å². The van der Waals surface area contributed by atoms with Crippen molar-refractivity contribution in [3.63, 3.8) is 0 Å². The first-order chi connectivity index (χ1) is 10.0. The second kappa shape index (κ2) is 7.09. The number of ether oxygens (including phenoxy) is 1. The van der Waals surface area contributed by atoms with Crippen molar-refractivity contribution in [2.24, 2.45) is 7.05 Å². The highest BCUT2D eigenvalue weighted by Crippen LogP contribution is 2.22. The van der Waals surface area contributed by atoms with Crippen LogP contribution in [0.3, 0.4) is 0 Å². The fraction of sp³-hybridized carbons (Fsp3) is 0.333. The Bertz CT molecular complexity index is 655. The molecule has 21 heavy (non-hydrogen) atoms. The normalized spacial score (nSPS) is 10.7. The van der Waals surface area contributed by atoms with Crippen molar-refractivity contribution >= 4 is 33.3 Å². The molecule has 2 rings (SSSR count). The van der Waals surface area contributed by atoms with Gasteiger partial charge in [-0.1, -0.05) is 24.6 Å². The van der Waals surface area contributed by atoms with Crippen molar-refractivity contribution in [1.29, 1.82) is 0 Å². The maximum Gasteiger partial charge on any atom is 0.176 e. The van der Waals surface area contributed by atoms with Gasteiger partial charge in [-0.2, -0.15) is 5.10 Å². The highest BCUT2D eigenvalue weighted by molar-refractivity contribution is 9.10. The Labute approximate surface area is 137 Å². The summed E-state index contributed by atoms with van der Waals surface area (Å²) < 4.78 is 8.10. The van der Waals surface area contributed by atoms with Gasteiger partial charge in [-0.3, -0.25) is 9.48 Å². The molecule has 0 spiro atoms. The zero-order chi connectivity index (χ0) is 15.4. The number of Topliss-reactive ketones (excluding diaryl/α,β-unsaturated/α-hetero) is 1. The van der Waals surface area contributed by atoms with Gasteiger partial charge >= 0.3 is 0 Å². The predicted octanol–water partition coefficient (Wildman–Crippen LogP) is 3.59. The maximum absolute atomic E-state index is 12.1. The Hall–Kier alpha value is -1.33. The Morgan fingerprint density at radius 2 is 2.24 bits per heavy atom. The van der Waals surface area contributed by atoms with E-state index < -0.39 is 0 Å². The van der Waals surface area contributed by atoms with E-state index >= 15 is 0 Å². The molecule has 0 aliphatic carbocycles. The SMILES string of the molecule is CCc1nn(C)c(CC(=O)COc2cccc(Cl)c2)c1Br. The van der Waals surface area contributed by atoms with Crippen LogP contribution in [0.25, 0.3) is 0 Å². The molecule has 0 aliphatic rings. The van der Waals surface area contributed by atoms with E-state index in [4.69, 9.17) is 16.3 Å². The second-order valence-corrected chi connectivity index (χ2v) is 5.88. The fourth-order valence-corrected chi connectivity index (χ4v) is 2.91. The van der Waals surface area contributed by atoms with Crippen LogP contribution in [-0.2, 0) is 24.7 Å². The summed E-state index contributed by atoms with van der Waals surface area (Å²) in [4.78, 5) is 12.1. The van der Waals surface area contributed by atoms with Gasteiger partial charge in [0.05, 0.1) is 22.3 Å². The second-order valence-electron chi connectivity index (χ2n) is 4.65. The van der Waals surface area contributed by atoms with Crippen molar-refractivity contribution < 1.29 is 9.53 Å². The van der Waals surface area contributed by atoms with E-state index in [9.17, 15) is 4.79 Å². The van der Waals surface area contributed by atoms with Crippen LogP contribution < -0.4 is 4.74 Å². The van der Waals surface area contributed by atoms with E-state index in [2.05, 4.69) is 21.0 Å². The van der Waals surface area contributed by atoms with Crippen LogP contribution in [0.4, 0.5) is 0 Å². The minimum atomic E-state index is -0.0127. The largest absolute Gasteiger partial charge is 0.486 e. The summed E-state index contributed by atoms with van der Waals surface area (Å²) in [6.45, 7) is 2.04. The third-order valence-electron chi connectivity index (χ3n) is 3.06. The molecule has 0 amide bonds. The van der Waals surface area contributed by atoms with Crippen molar-refractivity contribution in [3.8, 4) is 5.75 Å². The summed E-state index contributed by atoms with van der Waals surface area (Å²) in [6.07, 6.45) is 1.10. The van der Waals surface area contributed by atoms with Gasteiger partial charge in [0.25, 0.3) is 0 Å². The summed E-state index contributed by atoms with van der Waals surface area (Å²) >= 11 is 9.37. The molecule has 0 saturated carbocycles. The van der Waals surface area contributed by atoms with Gasteiger partial charge in [-0.15, -0.1) is 0 Å². The van der Waals surface area contributed by atoms with Crippen LogP contribution in [0.1, 0.15) is 18.3 Å². The van der Waals surface area contributed by atoms with Crippen LogP contribution in [0.15, 0.2) is 28.7 Å². The Morgan fingerprint density at radius 1 is 1.48 bits per heavy atom. The molecule has 0 bridgehead atoms. The van der Waals surface area contributed by atoms with Gasteiger partial charge in [0.2, 0.25) is 0 Å². The minimum Gasteiger partial charge on any atom is -0.486 e. The van der Waals surface area contributed by atoms with E-state index in [1.54, 1.807) is 28.9 Å². The lowest BCUT2D eigenvalue weighted by molar-refractivity contribution is -0.120. The van der Waals surface area contributed by atoms with Crippen molar-refractivity contribution in [2.75, 3.05) is 6.61 Å². The molecule has 0 atom stereocenters.